The van der Waals surface area contributed by atoms with Gasteiger partial charge in [0.2, 0.25) is 0 Å². The van der Waals surface area contributed by atoms with Gasteiger partial charge in [-0.25, -0.2) is 0 Å². The number of methoxy groups -OCH3 is 1. The Hall–Kier alpha value is -1.06. The molecule has 1 fully saturated rings. The second-order valence-electron chi connectivity index (χ2n) is 6.66. The number of piperidine rings is 1. The molecular formula is C18H30N2O. The van der Waals surface area contributed by atoms with Gasteiger partial charge in [0.15, 0.2) is 0 Å². The van der Waals surface area contributed by atoms with Crippen molar-refractivity contribution in [3.63, 3.8) is 0 Å². The summed E-state index contributed by atoms with van der Waals surface area (Å²) in [7, 11) is 1.74. The summed E-state index contributed by atoms with van der Waals surface area (Å²) in [6.45, 7) is 9.12. The van der Waals surface area contributed by atoms with Crippen LogP contribution in [-0.2, 0) is 0 Å². The average Bonchev–Trinajstić information content (AvgIpc) is 2.46. The molecule has 0 radical (unpaired) electrons. The molecule has 3 nitrogen and oxygen atoms in total. The maximum Gasteiger partial charge on any atom is 0.123 e. The highest BCUT2D eigenvalue weighted by molar-refractivity contribution is 5.37. The van der Waals surface area contributed by atoms with Crippen LogP contribution in [0.25, 0.3) is 0 Å². The molecule has 1 aromatic carbocycles. The fraction of sp³-hybridized carbons (Fsp3) is 0.667. The molecule has 0 spiro atoms. The van der Waals surface area contributed by atoms with Crippen molar-refractivity contribution in [1.82, 2.24) is 4.90 Å². The van der Waals surface area contributed by atoms with Crippen LogP contribution in [-0.4, -0.2) is 31.1 Å². The van der Waals surface area contributed by atoms with E-state index in [0.717, 1.165) is 37.1 Å². The van der Waals surface area contributed by atoms with Crippen LogP contribution in [0.4, 0.5) is 0 Å². The van der Waals surface area contributed by atoms with Gasteiger partial charge in [-0.1, -0.05) is 39.0 Å². The van der Waals surface area contributed by atoms with E-state index in [1.807, 2.05) is 12.1 Å². The molecule has 2 rings (SSSR count). The highest BCUT2D eigenvalue weighted by Crippen LogP contribution is 2.35. The van der Waals surface area contributed by atoms with E-state index in [9.17, 15) is 0 Å². The molecule has 21 heavy (non-hydrogen) atoms. The van der Waals surface area contributed by atoms with Gasteiger partial charge in [0, 0.05) is 24.7 Å². The third-order valence-electron chi connectivity index (χ3n) is 4.63. The Morgan fingerprint density at radius 3 is 2.43 bits per heavy atom. The van der Waals surface area contributed by atoms with Gasteiger partial charge in [0.05, 0.1) is 13.2 Å². The van der Waals surface area contributed by atoms with Crippen molar-refractivity contribution in [2.75, 3.05) is 20.2 Å². The predicted molar refractivity (Wildman–Crippen MR) is 88.5 cm³/mol. The molecule has 1 aliphatic heterocycles. The van der Waals surface area contributed by atoms with Crippen LogP contribution in [0.15, 0.2) is 24.3 Å². The first-order chi connectivity index (χ1) is 10.1. The van der Waals surface area contributed by atoms with Crippen LogP contribution in [0.3, 0.4) is 0 Å². The van der Waals surface area contributed by atoms with Gasteiger partial charge >= 0.3 is 0 Å². The summed E-state index contributed by atoms with van der Waals surface area (Å²) in [6.07, 6.45) is 2.29. The lowest BCUT2D eigenvalue weighted by atomic mass is 9.87. The summed E-state index contributed by atoms with van der Waals surface area (Å²) in [5, 5.41) is 0. The van der Waals surface area contributed by atoms with Gasteiger partial charge in [-0.05, 0) is 30.7 Å². The first kappa shape index (κ1) is 16.3. The van der Waals surface area contributed by atoms with Gasteiger partial charge in [-0.15, -0.1) is 0 Å². The van der Waals surface area contributed by atoms with E-state index in [4.69, 9.17) is 10.5 Å². The molecular weight excluding hydrogens is 260 g/mol. The van der Waals surface area contributed by atoms with Gasteiger partial charge in [0.1, 0.15) is 5.75 Å². The van der Waals surface area contributed by atoms with Crippen LogP contribution >= 0.6 is 0 Å². The van der Waals surface area contributed by atoms with Crippen molar-refractivity contribution in [3.8, 4) is 5.75 Å². The van der Waals surface area contributed by atoms with Crippen LogP contribution in [0, 0.1) is 11.8 Å². The Balaban J connectivity index is 2.34. The first-order valence-electron chi connectivity index (χ1n) is 8.19. The number of benzene rings is 1. The van der Waals surface area contributed by atoms with Crippen molar-refractivity contribution >= 4 is 0 Å². The van der Waals surface area contributed by atoms with E-state index in [0.29, 0.717) is 0 Å². The molecule has 2 N–H and O–H groups in total. The first-order valence-corrected chi connectivity index (χ1v) is 8.19. The van der Waals surface area contributed by atoms with Crippen LogP contribution < -0.4 is 10.5 Å². The van der Waals surface area contributed by atoms with Crippen molar-refractivity contribution < 1.29 is 4.74 Å². The highest BCUT2D eigenvalue weighted by Gasteiger charge is 2.32. The summed E-state index contributed by atoms with van der Waals surface area (Å²) >= 11 is 0. The molecule has 1 aliphatic rings. The van der Waals surface area contributed by atoms with Crippen molar-refractivity contribution in [2.45, 2.75) is 45.7 Å². The zero-order valence-corrected chi connectivity index (χ0v) is 13.9. The van der Waals surface area contributed by atoms with Crippen LogP contribution in [0.1, 0.15) is 45.2 Å². The summed E-state index contributed by atoms with van der Waals surface area (Å²) in [6, 6.07) is 8.71. The summed E-state index contributed by atoms with van der Waals surface area (Å²) < 4.78 is 5.58. The molecule has 0 bridgehead atoms. The fourth-order valence-corrected chi connectivity index (χ4v) is 3.77. The number of likely N-dealkylation sites (tertiary alicyclic amines) is 1. The lowest BCUT2D eigenvalue weighted by molar-refractivity contribution is 0.0797. The molecule has 0 saturated carbocycles. The van der Waals surface area contributed by atoms with E-state index in [1.54, 1.807) is 7.11 Å². The van der Waals surface area contributed by atoms with Gasteiger partial charge in [-0.3, -0.25) is 4.90 Å². The monoisotopic (exact) mass is 290 g/mol. The summed E-state index contributed by atoms with van der Waals surface area (Å²) in [4.78, 5) is 2.57. The average molecular weight is 290 g/mol. The number of nitrogens with zero attached hydrogens (tertiary/aromatic N) is 1. The zero-order valence-electron chi connectivity index (χ0n) is 13.9. The molecule has 0 amide bonds. The molecule has 4 unspecified atom stereocenters. The zero-order chi connectivity index (χ0) is 15.4. The molecule has 1 aromatic rings. The van der Waals surface area contributed by atoms with E-state index in [-0.39, 0.29) is 12.1 Å². The maximum absolute atomic E-state index is 6.50. The number of ether oxygens (including phenoxy) is 1. The number of hydrogen-bond donors (Lipinski definition) is 1. The second-order valence-corrected chi connectivity index (χ2v) is 6.66. The highest BCUT2D eigenvalue weighted by atomic mass is 16.5. The quantitative estimate of drug-likeness (QED) is 0.902. The van der Waals surface area contributed by atoms with Crippen LogP contribution in [0.2, 0.25) is 0 Å². The molecule has 1 saturated heterocycles. The topological polar surface area (TPSA) is 38.5 Å². The minimum absolute atomic E-state index is 0.138. The van der Waals surface area contributed by atoms with Crippen molar-refractivity contribution in [3.05, 3.63) is 29.8 Å². The number of para-hydroxylation sites is 1. The predicted octanol–water partition coefficient (Wildman–Crippen LogP) is 3.45. The number of rotatable bonds is 5. The van der Waals surface area contributed by atoms with E-state index >= 15 is 0 Å². The Bertz CT molecular complexity index is 439. The number of nitrogens with two attached hydrogens (primary N) is 1. The standard InChI is InChI=1S/C18H30N2O/c1-5-16(19)18(15-8-6-7-9-17(15)21-4)20-11-13(2)10-14(3)12-20/h6-9,13-14,16,18H,5,10-12,19H2,1-4H3. The molecule has 0 aromatic heterocycles. The fourth-order valence-electron chi connectivity index (χ4n) is 3.77. The molecule has 1 heterocycles. The normalized spacial score (nSPS) is 26.3. The minimum atomic E-state index is 0.138. The summed E-state index contributed by atoms with van der Waals surface area (Å²) in [5.41, 5.74) is 7.73. The van der Waals surface area contributed by atoms with Gasteiger partial charge < -0.3 is 10.5 Å². The lowest BCUT2D eigenvalue weighted by Gasteiger charge is -2.42. The second kappa shape index (κ2) is 7.28. The van der Waals surface area contributed by atoms with E-state index in [2.05, 4.69) is 37.8 Å². The Kier molecular flexibility index (Phi) is 5.65. The summed E-state index contributed by atoms with van der Waals surface area (Å²) in [5.74, 6) is 2.42. The minimum Gasteiger partial charge on any atom is -0.496 e. The van der Waals surface area contributed by atoms with Crippen molar-refractivity contribution in [1.29, 1.82) is 0 Å². The van der Waals surface area contributed by atoms with Crippen molar-refractivity contribution in [2.24, 2.45) is 17.6 Å². The molecule has 4 atom stereocenters. The molecule has 0 aliphatic carbocycles. The lowest BCUT2D eigenvalue weighted by Crippen LogP contribution is -2.47. The third kappa shape index (κ3) is 3.78. The van der Waals surface area contributed by atoms with Crippen LogP contribution in [0.5, 0.6) is 5.75 Å². The number of hydrogen-bond acceptors (Lipinski definition) is 3. The van der Waals surface area contributed by atoms with E-state index in [1.165, 1.54) is 12.0 Å². The van der Waals surface area contributed by atoms with E-state index < -0.39 is 0 Å². The SMILES string of the molecule is CCC(N)C(c1ccccc1OC)N1CC(C)CC(C)C1. The molecule has 3 heteroatoms. The molecule has 118 valence electrons. The Morgan fingerprint density at radius 1 is 1.24 bits per heavy atom. The third-order valence-corrected chi connectivity index (χ3v) is 4.63. The van der Waals surface area contributed by atoms with Gasteiger partial charge in [0.25, 0.3) is 0 Å². The maximum atomic E-state index is 6.50. The van der Waals surface area contributed by atoms with Gasteiger partial charge in [-0.2, -0.15) is 0 Å². The largest absolute Gasteiger partial charge is 0.496 e. The Morgan fingerprint density at radius 2 is 1.86 bits per heavy atom. The smallest absolute Gasteiger partial charge is 0.123 e. The Labute approximate surface area is 129 Å².